The van der Waals surface area contributed by atoms with Crippen molar-refractivity contribution in [2.24, 2.45) is 11.8 Å². The van der Waals surface area contributed by atoms with Gasteiger partial charge in [-0.3, -0.25) is 0 Å². The number of methoxy groups -OCH3 is 3. The maximum atomic E-state index is 5.63. The Kier molecular flexibility index (Phi) is 2.82. The van der Waals surface area contributed by atoms with Gasteiger partial charge in [0, 0.05) is 33.2 Å². The van der Waals surface area contributed by atoms with E-state index in [0.717, 1.165) is 12.8 Å². The number of ether oxygens (including phenoxy) is 3. The van der Waals surface area contributed by atoms with Gasteiger partial charge >= 0.3 is 0 Å². The van der Waals surface area contributed by atoms with E-state index in [4.69, 9.17) is 14.2 Å². The van der Waals surface area contributed by atoms with Crippen LogP contribution in [-0.4, -0.2) is 33.2 Å². The van der Waals surface area contributed by atoms with Gasteiger partial charge in [0.2, 0.25) is 0 Å². The van der Waals surface area contributed by atoms with Crippen molar-refractivity contribution in [2.75, 3.05) is 21.3 Å². The van der Waals surface area contributed by atoms with E-state index in [9.17, 15) is 0 Å². The summed E-state index contributed by atoms with van der Waals surface area (Å²) in [6.45, 7) is 0. The number of hydrogen-bond acceptors (Lipinski definition) is 3. The molecule has 2 aliphatic rings. The fourth-order valence-corrected chi connectivity index (χ4v) is 3.38. The van der Waals surface area contributed by atoms with Crippen molar-refractivity contribution in [3.05, 3.63) is 0 Å². The molecule has 2 fully saturated rings. The Labute approximate surface area is 85.7 Å². The minimum Gasteiger partial charge on any atom is -0.381 e. The molecule has 82 valence electrons. The van der Waals surface area contributed by atoms with Gasteiger partial charge in [-0.15, -0.1) is 0 Å². The molecule has 3 atom stereocenters. The van der Waals surface area contributed by atoms with Crippen LogP contribution in [0.25, 0.3) is 0 Å². The van der Waals surface area contributed by atoms with Crippen molar-refractivity contribution >= 4 is 0 Å². The zero-order valence-corrected chi connectivity index (χ0v) is 9.29. The van der Waals surface area contributed by atoms with E-state index in [-0.39, 0.29) is 5.79 Å². The summed E-state index contributed by atoms with van der Waals surface area (Å²) in [5.74, 6) is 0.720. The first kappa shape index (κ1) is 10.4. The summed E-state index contributed by atoms with van der Waals surface area (Å²) in [4.78, 5) is 0. The molecule has 2 aliphatic carbocycles. The van der Waals surface area contributed by atoms with Crippen LogP contribution in [0.5, 0.6) is 0 Å². The second-order valence-electron chi connectivity index (χ2n) is 4.43. The molecule has 14 heavy (non-hydrogen) atoms. The summed E-state index contributed by atoms with van der Waals surface area (Å²) in [5, 5.41) is 0. The number of fused-ring (bicyclic) bond motifs is 2. The molecular formula is C11H20O3. The molecule has 0 amide bonds. The molecule has 0 heterocycles. The molecule has 0 aromatic heterocycles. The van der Waals surface area contributed by atoms with Crippen molar-refractivity contribution in [2.45, 2.75) is 37.6 Å². The highest BCUT2D eigenvalue weighted by Crippen LogP contribution is 2.52. The average Bonchev–Trinajstić information content (AvgIpc) is 2.43. The van der Waals surface area contributed by atoms with Crippen LogP contribution in [0.15, 0.2) is 0 Å². The highest BCUT2D eigenvalue weighted by atomic mass is 16.7. The van der Waals surface area contributed by atoms with Gasteiger partial charge in [0.25, 0.3) is 0 Å². The smallest absolute Gasteiger partial charge is 0.173 e. The largest absolute Gasteiger partial charge is 0.381 e. The SMILES string of the molecule is COC1C[C@H]2CC[C@@H](C1)C2(OC)OC. The Bertz CT molecular complexity index is 185. The maximum absolute atomic E-state index is 5.63. The van der Waals surface area contributed by atoms with Crippen LogP contribution < -0.4 is 0 Å². The molecule has 0 aliphatic heterocycles. The first-order valence-corrected chi connectivity index (χ1v) is 5.40. The Morgan fingerprint density at radius 2 is 1.43 bits per heavy atom. The lowest BCUT2D eigenvalue weighted by Gasteiger charge is -2.43. The van der Waals surface area contributed by atoms with E-state index >= 15 is 0 Å². The van der Waals surface area contributed by atoms with E-state index in [1.165, 1.54) is 12.8 Å². The van der Waals surface area contributed by atoms with E-state index in [2.05, 4.69) is 0 Å². The lowest BCUT2D eigenvalue weighted by molar-refractivity contribution is -0.273. The molecule has 0 aromatic carbocycles. The molecule has 0 N–H and O–H groups in total. The zero-order valence-electron chi connectivity index (χ0n) is 9.29. The summed E-state index contributed by atoms with van der Waals surface area (Å²) in [6.07, 6.45) is 4.99. The molecule has 0 spiro atoms. The van der Waals surface area contributed by atoms with Gasteiger partial charge in [0.1, 0.15) is 0 Å². The lowest BCUT2D eigenvalue weighted by atomic mass is 9.81. The number of rotatable bonds is 3. The third kappa shape index (κ3) is 1.30. The summed E-state index contributed by atoms with van der Waals surface area (Å²) < 4.78 is 16.7. The second-order valence-corrected chi connectivity index (χ2v) is 4.43. The van der Waals surface area contributed by atoms with E-state index in [1.54, 1.807) is 21.3 Å². The van der Waals surface area contributed by atoms with E-state index in [0.29, 0.717) is 17.9 Å². The van der Waals surface area contributed by atoms with Crippen molar-refractivity contribution in [1.29, 1.82) is 0 Å². The minimum atomic E-state index is -0.310. The van der Waals surface area contributed by atoms with Crippen LogP contribution in [0.3, 0.4) is 0 Å². The second kappa shape index (κ2) is 3.80. The van der Waals surface area contributed by atoms with E-state index < -0.39 is 0 Å². The van der Waals surface area contributed by atoms with E-state index in [1.807, 2.05) is 0 Å². The molecule has 2 rings (SSSR count). The first-order valence-electron chi connectivity index (χ1n) is 5.40. The predicted octanol–water partition coefficient (Wildman–Crippen LogP) is 1.81. The molecular weight excluding hydrogens is 180 g/mol. The van der Waals surface area contributed by atoms with Gasteiger partial charge in [-0.05, 0) is 25.7 Å². The molecule has 3 nitrogen and oxygen atoms in total. The minimum absolute atomic E-state index is 0.310. The highest BCUT2D eigenvalue weighted by Gasteiger charge is 2.55. The molecule has 3 heteroatoms. The van der Waals surface area contributed by atoms with Gasteiger partial charge in [-0.1, -0.05) is 0 Å². The van der Waals surface area contributed by atoms with Gasteiger partial charge < -0.3 is 14.2 Å². The Balaban J connectivity index is 2.16. The van der Waals surface area contributed by atoms with Gasteiger partial charge in [-0.2, -0.15) is 0 Å². The summed E-state index contributed by atoms with van der Waals surface area (Å²) in [7, 11) is 5.33. The van der Waals surface area contributed by atoms with Crippen LogP contribution in [0, 0.1) is 11.8 Å². The molecule has 0 aromatic rings. The third-order valence-electron chi connectivity index (χ3n) is 4.07. The first-order chi connectivity index (χ1) is 6.76. The fourth-order valence-electron chi connectivity index (χ4n) is 3.38. The normalized spacial score (nSPS) is 40.1. The van der Waals surface area contributed by atoms with Gasteiger partial charge in [0.05, 0.1) is 6.10 Å². The quantitative estimate of drug-likeness (QED) is 0.650. The van der Waals surface area contributed by atoms with Crippen LogP contribution in [0.2, 0.25) is 0 Å². The molecule has 2 bridgehead atoms. The Morgan fingerprint density at radius 3 is 1.79 bits per heavy atom. The monoisotopic (exact) mass is 200 g/mol. The van der Waals surface area contributed by atoms with Crippen LogP contribution in [-0.2, 0) is 14.2 Å². The maximum Gasteiger partial charge on any atom is 0.173 e. The highest BCUT2D eigenvalue weighted by molar-refractivity contribution is 4.99. The number of hydrogen-bond donors (Lipinski definition) is 0. The van der Waals surface area contributed by atoms with Crippen molar-refractivity contribution in [1.82, 2.24) is 0 Å². The lowest BCUT2D eigenvalue weighted by Crippen LogP contribution is -2.49. The average molecular weight is 200 g/mol. The fraction of sp³-hybridized carbons (Fsp3) is 1.00. The summed E-state index contributed by atoms with van der Waals surface area (Å²) in [6, 6.07) is 0. The predicted molar refractivity (Wildman–Crippen MR) is 53.0 cm³/mol. The van der Waals surface area contributed by atoms with Gasteiger partial charge in [0.15, 0.2) is 5.79 Å². The van der Waals surface area contributed by atoms with Gasteiger partial charge in [-0.25, -0.2) is 0 Å². The van der Waals surface area contributed by atoms with Crippen LogP contribution in [0.4, 0.5) is 0 Å². The summed E-state index contributed by atoms with van der Waals surface area (Å²) in [5.41, 5.74) is 0. The zero-order chi connectivity index (χ0) is 10.2. The van der Waals surface area contributed by atoms with Crippen LogP contribution in [0.1, 0.15) is 25.7 Å². The van der Waals surface area contributed by atoms with Crippen LogP contribution >= 0.6 is 0 Å². The summed E-state index contributed by atoms with van der Waals surface area (Å²) >= 11 is 0. The third-order valence-corrected chi connectivity index (χ3v) is 4.07. The molecule has 2 saturated carbocycles. The van der Waals surface area contributed by atoms with Crippen molar-refractivity contribution in [3.63, 3.8) is 0 Å². The van der Waals surface area contributed by atoms with Crippen molar-refractivity contribution < 1.29 is 14.2 Å². The molecule has 0 radical (unpaired) electrons. The Hall–Kier alpha value is -0.120. The molecule has 0 saturated heterocycles. The standard InChI is InChI=1S/C11H20O3/c1-12-10-6-8-4-5-9(7-10)11(8,13-2)14-3/h8-10H,4-7H2,1-3H3/t8-,9+,10?. The topological polar surface area (TPSA) is 27.7 Å². The van der Waals surface area contributed by atoms with Crippen molar-refractivity contribution in [3.8, 4) is 0 Å². The Morgan fingerprint density at radius 1 is 0.929 bits per heavy atom. The molecule has 1 unspecified atom stereocenters.